The number of aliphatic imine (C=N–C) groups is 1. The first-order chi connectivity index (χ1) is 8.11. The highest BCUT2D eigenvalue weighted by molar-refractivity contribution is 5.79. The van der Waals surface area contributed by atoms with Crippen LogP contribution in [-0.4, -0.2) is 42.6 Å². The van der Waals surface area contributed by atoms with Gasteiger partial charge in [0.1, 0.15) is 0 Å². The third-order valence-corrected chi connectivity index (χ3v) is 2.88. The molecule has 1 atom stereocenters. The molecule has 1 aliphatic heterocycles. The van der Waals surface area contributed by atoms with Crippen molar-refractivity contribution in [2.24, 2.45) is 10.8 Å². The highest BCUT2D eigenvalue weighted by atomic mass is 15.3. The zero-order valence-corrected chi connectivity index (χ0v) is 11.4. The molecular weight excluding hydrogens is 214 g/mol. The van der Waals surface area contributed by atoms with E-state index in [4.69, 9.17) is 5.84 Å². The van der Waals surface area contributed by atoms with Gasteiger partial charge in [0.25, 0.3) is 0 Å². The fourth-order valence-electron chi connectivity index (χ4n) is 2.17. The maximum atomic E-state index is 5.45. The van der Waals surface area contributed by atoms with Gasteiger partial charge in [0.15, 0.2) is 0 Å². The van der Waals surface area contributed by atoms with Crippen LogP contribution < -0.4 is 16.6 Å². The van der Waals surface area contributed by atoms with E-state index >= 15 is 0 Å². The Labute approximate surface area is 105 Å². The van der Waals surface area contributed by atoms with Crippen LogP contribution in [-0.2, 0) is 0 Å². The number of hydrazine groups is 1. The molecule has 0 aromatic heterocycles. The van der Waals surface area contributed by atoms with Gasteiger partial charge in [-0.2, -0.15) is 0 Å². The molecule has 0 aliphatic carbocycles. The van der Waals surface area contributed by atoms with E-state index in [-0.39, 0.29) is 6.04 Å². The van der Waals surface area contributed by atoms with Crippen LogP contribution in [0.25, 0.3) is 0 Å². The molecule has 0 saturated carbocycles. The normalized spacial score (nSPS) is 20.4. The van der Waals surface area contributed by atoms with Gasteiger partial charge in [0.05, 0.1) is 6.04 Å². The van der Waals surface area contributed by atoms with E-state index in [0.717, 1.165) is 6.54 Å². The summed E-state index contributed by atoms with van der Waals surface area (Å²) in [7, 11) is 0. The molecule has 0 amide bonds. The third-order valence-electron chi connectivity index (χ3n) is 2.88. The summed E-state index contributed by atoms with van der Waals surface area (Å²) in [4.78, 5) is 7.04. The number of nitrogens with zero attached hydrogens (tertiary/aromatic N) is 2. The number of likely N-dealkylation sites (tertiary alicyclic amines) is 1. The molecule has 0 aromatic carbocycles. The number of hydrogen-bond acceptors (Lipinski definition) is 3. The monoisotopic (exact) mass is 241 g/mol. The maximum absolute atomic E-state index is 5.45. The molecule has 100 valence electrons. The van der Waals surface area contributed by atoms with Gasteiger partial charge in [-0.15, -0.1) is 0 Å². The Morgan fingerprint density at radius 2 is 1.88 bits per heavy atom. The van der Waals surface area contributed by atoms with Crippen molar-refractivity contribution in [1.29, 1.82) is 0 Å². The average molecular weight is 241 g/mol. The van der Waals surface area contributed by atoms with Crippen LogP contribution in [0.15, 0.2) is 4.99 Å². The Balaban J connectivity index is 2.38. The fraction of sp³-hybridized carbons (Fsp3) is 0.917. The minimum absolute atomic E-state index is 0.269. The summed E-state index contributed by atoms with van der Waals surface area (Å²) in [6.07, 6.45) is 4.02. The first kappa shape index (κ1) is 14.3. The molecule has 4 N–H and O–H groups in total. The summed E-state index contributed by atoms with van der Waals surface area (Å²) < 4.78 is 0. The Morgan fingerprint density at radius 3 is 2.41 bits per heavy atom. The first-order valence-corrected chi connectivity index (χ1v) is 6.65. The minimum atomic E-state index is 0.269. The van der Waals surface area contributed by atoms with Crippen molar-refractivity contribution in [1.82, 2.24) is 15.6 Å². The molecule has 0 bridgehead atoms. The highest BCUT2D eigenvalue weighted by Crippen LogP contribution is 2.09. The van der Waals surface area contributed by atoms with Gasteiger partial charge in [0.2, 0.25) is 5.96 Å². The first-order valence-electron chi connectivity index (χ1n) is 6.65. The zero-order valence-electron chi connectivity index (χ0n) is 11.4. The SMILES string of the molecule is CC(CN1CCCCC1)N=C(NN)NC(C)C. The lowest BCUT2D eigenvalue weighted by Gasteiger charge is -2.28. The van der Waals surface area contributed by atoms with Gasteiger partial charge in [0, 0.05) is 12.6 Å². The van der Waals surface area contributed by atoms with Crippen molar-refractivity contribution < 1.29 is 0 Å². The molecule has 1 saturated heterocycles. The Morgan fingerprint density at radius 1 is 1.24 bits per heavy atom. The van der Waals surface area contributed by atoms with Gasteiger partial charge in [-0.3, -0.25) is 5.43 Å². The molecule has 1 aliphatic rings. The van der Waals surface area contributed by atoms with Gasteiger partial charge in [-0.25, -0.2) is 10.8 Å². The van der Waals surface area contributed by atoms with E-state index in [9.17, 15) is 0 Å². The van der Waals surface area contributed by atoms with Gasteiger partial charge in [-0.05, 0) is 46.7 Å². The lowest BCUT2D eigenvalue weighted by atomic mass is 10.1. The van der Waals surface area contributed by atoms with Crippen molar-refractivity contribution >= 4 is 5.96 Å². The number of rotatable bonds is 4. The third kappa shape index (κ3) is 5.89. The molecule has 1 rings (SSSR count). The summed E-state index contributed by atoms with van der Waals surface area (Å²) in [5.74, 6) is 6.13. The molecule has 1 fully saturated rings. The van der Waals surface area contributed by atoms with Gasteiger partial charge < -0.3 is 10.2 Å². The van der Waals surface area contributed by atoms with Crippen LogP contribution in [0, 0.1) is 0 Å². The zero-order chi connectivity index (χ0) is 12.7. The van der Waals surface area contributed by atoms with E-state index < -0.39 is 0 Å². The van der Waals surface area contributed by atoms with E-state index in [2.05, 4.69) is 41.4 Å². The quantitative estimate of drug-likeness (QED) is 0.293. The van der Waals surface area contributed by atoms with Gasteiger partial charge in [-0.1, -0.05) is 6.42 Å². The fourth-order valence-corrected chi connectivity index (χ4v) is 2.17. The second kappa shape index (κ2) is 7.50. The van der Waals surface area contributed by atoms with E-state index in [1.165, 1.54) is 32.4 Å². The average Bonchev–Trinajstić information content (AvgIpc) is 2.28. The maximum Gasteiger partial charge on any atom is 0.206 e. The van der Waals surface area contributed by atoms with Crippen LogP contribution >= 0.6 is 0 Å². The lowest BCUT2D eigenvalue weighted by molar-refractivity contribution is 0.219. The van der Waals surface area contributed by atoms with Crippen molar-refractivity contribution in [3.63, 3.8) is 0 Å². The van der Waals surface area contributed by atoms with Crippen molar-refractivity contribution in [2.75, 3.05) is 19.6 Å². The molecule has 5 heteroatoms. The van der Waals surface area contributed by atoms with Crippen LogP contribution in [0.1, 0.15) is 40.0 Å². The smallest absolute Gasteiger partial charge is 0.206 e. The topological polar surface area (TPSA) is 65.7 Å². The molecule has 1 unspecified atom stereocenters. The summed E-state index contributed by atoms with van der Waals surface area (Å²) in [6, 6.07) is 0.609. The molecule has 1 heterocycles. The summed E-state index contributed by atoms with van der Waals surface area (Å²) >= 11 is 0. The highest BCUT2D eigenvalue weighted by Gasteiger charge is 2.13. The second-order valence-electron chi connectivity index (χ2n) is 5.13. The Kier molecular flexibility index (Phi) is 6.29. The van der Waals surface area contributed by atoms with Gasteiger partial charge >= 0.3 is 0 Å². The molecular formula is C12H27N5. The summed E-state index contributed by atoms with van der Waals surface area (Å²) in [5, 5.41) is 3.19. The second-order valence-corrected chi connectivity index (χ2v) is 5.13. The number of nitrogens with two attached hydrogens (primary N) is 1. The number of piperidine rings is 1. The predicted molar refractivity (Wildman–Crippen MR) is 72.8 cm³/mol. The molecule has 5 nitrogen and oxygen atoms in total. The van der Waals surface area contributed by atoms with E-state index in [0.29, 0.717) is 12.0 Å². The van der Waals surface area contributed by atoms with Crippen molar-refractivity contribution in [3.8, 4) is 0 Å². The van der Waals surface area contributed by atoms with Crippen molar-refractivity contribution in [2.45, 2.75) is 52.1 Å². The lowest BCUT2D eigenvalue weighted by Crippen LogP contribution is -2.46. The molecule has 0 radical (unpaired) electrons. The molecule has 0 aromatic rings. The largest absolute Gasteiger partial charge is 0.353 e. The predicted octanol–water partition coefficient (Wildman–Crippen LogP) is 0.678. The Bertz CT molecular complexity index is 233. The summed E-state index contributed by atoms with van der Waals surface area (Å²) in [5.41, 5.74) is 2.62. The standard InChI is InChI=1S/C12H27N5/c1-10(2)14-12(16-13)15-11(3)9-17-7-5-4-6-8-17/h10-11H,4-9,13H2,1-3H3,(H2,14,15,16). The van der Waals surface area contributed by atoms with E-state index in [1.54, 1.807) is 0 Å². The van der Waals surface area contributed by atoms with Crippen LogP contribution in [0.3, 0.4) is 0 Å². The van der Waals surface area contributed by atoms with Crippen LogP contribution in [0.2, 0.25) is 0 Å². The number of hydrogen-bond donors (Lipinski definition) is 3. The Hall–Kier alpha value is -0.810. The summed E-state index contributed by atoms with van der Waals surface area (Å²) in [6.45, 7) is 9.72. The molecule has 0 spiro atoms. The number of guanidine groups is 1. The molecule has 17 heavy (non-hydrogen) atoms. The van der Waals surface area contributed by atoms with Crippen LogP contribution in [0.5, 0.6) is 0 Å². The number of nitrogens with one attached hydrogen (secondary N) is 2. The van der Waals surface area contributed by atoms with E-state index in [1.807, 2.05) is 0 Å². The van der Waals surface area contributed by atoms with Crippen molar-refractivity contribution in [3.05, 3.63) is 0 Å². The minimum Gasteiger partial charge on any atom is -0.353 e. The van der Waals surface area contributed by atoms with Crippen LogP contribution in [0.4, 0.5) is 0 Å².